The summed E-state index contributed by atoms with van der Waals surface area (Å²) in [5.74, 6) is 2.98. The second-order valence-corrected chi connectivity index (χ2v) is 5.34. The average molecular weight is 236 g/mol. The van der Waals surface area contributed by atoms with Gasteiger partial charge in [0, 0.05) is 19.0 Å². The third-order valence-corrected chi connectivity index (χ3v) is 3.27. The summed E-state index contributed by atoms with van der Waals surface area (Å²) in [6.45, 7) is 5.05. The minimum atomic E-state index is -0.528. The fraction of sp³-hybridized carbons (Fsp3) is 0.786. The van der Waals surface area contributed by atoms with Gasteiger partial charge in [-0.15, -0.1) is 12.3 Å². The summed E-state index contributed by atoms with van der Waals surface area (Å²) in [5.41, 5.74) is 5.84. The third-order valence-electron chi connectivity index (χ3n) is 3.27. The van der Waals surface area contributed by atoms with Crippen LogP contribution in [-0.2, 0) is 4.79 Å². The molecule has 0 aromatic rings. The van der Waals surface area contributed by atoms with Crippen LogP contribution in [0, 0.1) is 18.3 Å². The van der Waals surface area contributed by atoms with E-state index in [2.05, 4.69) is 19.8 Å². The summed E-state index contributed by atoms with van der Waals surface area (Å²) < 4.78 is 0. The molecule has 1 rings (SSSR count). The topological polar surface area (TPSA) is 46.3 Å². The smallest absolute Gasteiger partial charge is 0.240 e. The van der Waals surface area contributed by atoms with E-state index >= 15 is 0 Å². The number of carbonyl (C=O) groups is 1. The Morgan fingerprint density at radius 3 is 2.53 bits per heavy atom. The Morgan fingerprint density at radius 1 is 1.47 bits per heavy atom. The van der Waals surface area contributed by atoms with E-state index in [0.717, 1.165) is 19.4 Å². The van der Waals surface area contributed by atoms with Crippen LogP contribution in [-0.4, -0.2) is 29.4 Å². The van der Waals surface area contributed by atoms with E-state index in [1.165, 1.54) is 12.8 Å². The molecular weight excluding hydrogens is 212 g/mol. The van der Waals surface area contributed by atoms with E-state index in [1.54, 1.807) is 0 Å². The molecule has 3 nitrogen and oxygen atoms in total. The molecule has 0 spiro atoms. The fourth-order valence-electron chi connectivity index (χ4n) is 2.46. The highest BCUT2D eigenvalue weighted by Crippen LogP contribution is 2.24. The standard InChI is InChI=1S/C14H24N2O/c1-4-7-13(15)14(17)16(10-11(2)3)12-8-5-6-9-12/h1,11-13H,5-10,15H2,2-3H3. The van der Waals surface area contributed by atoms with Crippen molar-refractivity contribution >= 4 is 5.91 Å². The first-order valence-corrected chi connectivity index (χ1v) is 6.55. The summed E-state index contributed by atoms with van der Waals surface area (Å²) in [7, 11) is 0. The molecule has 1 amide bonds. The molecule has 0 aromatic heterocycles. The molecule has 3 heteroatoms. The quantitative estimate of drug-likeness (QED) is 0.739. The zero-order chi connectivity index (χ0) is 12.8. The summed E-state index contributed by atoms with van der Waals surface area (Å²) >= 11 is 0. The van der Waals surface area contributed by atoms with E-state index in [1.807, 2.05) is 4.90 Å². The molecular formula is C14H24N2O. The number of nitrogens with two attached hydrogens (primary N) is 1. The van der Waals surface area contributed by atoms with Crippen molar-refractivity contribution in [1.29, 1.82) is 0 Å². The predicted molar refractivity (Wildman–Crippen MR) is 70.2 cm³/mol. The monoisotopic (exact) mass is 236 g/mol. The van der Waals surface area contributed by atoms with Crippen LogP contribution in [0.15, 0.2) is 0 Å². The van der Waals surface area contributed by atoms with Crippen LogP contribution < -0.4 is 5.73 Å². The SMILES string of the molecule is C#CCC(N)C(=O)N(CC(C)C)C1CCCC1. The lowest BCUT2D eigenvalue weighted by atomic mass is 10.1. The molecule has 1 atom stereocenters. The van der Waals surface area contributed by atoms with E-state index in [9.17, 15) is 4.79 Å². The maximum absolute atomic E-state index is 12.3. The van der Waals surface area contributed by atoms with E-state index in [4.69, 9.17) is 12.2 Å². The van der Waals surface area contributed by atoms with Crippen LogP contribution in [0.2, 0.25) is 0 Å². The van der Waals surface area contributed by atoms with Gasteiger partial charge in [-0.2, -0.15) is 0 Å². The van der Waals surface area contributed by atoms with Crippen LogP contribution in [0.1, 0.15) is 46.0 Å². The molecule has 1 unspecified atom stereocenters. The molecule has 17 heavy (non-hydrogen) atoms. The number of hydrogen-bond acceptors (Lipinski definition) is 2. The van der Waals surface area contributed by atoms with Gasteiger partial charge in [-0.3, -0.25) is 4.79 Å². The van der Waals surface area contributed by atoms with Crippen LogP contribution in [0.25, 0.3) is 0 Å². The zero-order valence-electron chi connectivity index (χ0n) is 11.0. The Labute approximate surface area is 105 Å². The van der Waals surface area contributed by atoms with Gasteiger partial charge in [0.1, 0.15) is 0 Å². The Balaban J connectivity index is 2.67. The number of carbonyl (C=O) groups excluding carboxylic acids is 1. The van der Waals surface area contributed by atoms with Gasteiger partial charge in [-0.1, -0.05) is 26.7 Å². The molecule has 1 aliphatic carbocycles. The number of amides is 1. The van der Waals surface area contributed by atoms with Crippen molar-refractivity contribution in [1.82, 2.24) is 4.90 Å². The number of hydrogen-bond donors (Lipinski definition) is 1. The van der Waals surface area contributed by atoms with Gasteiger partial charge in [-0.05, 0) is 18.8 Å². The molecule has 1 fully saturated rings. The first-order chi connectivity index (χ1) is 8.06. The normalized spacial score (nSPS) is 18.1. The van der Waals surface area contributed by atoms with Crippen molar-refractivity contribution in [3.8, 4) is 12.3 Å². The second kappa shape index (κ2) is 6.66. The van der Waals surface area contributed by atoms with E-state index < -0.39 is 6.04 Å². The Morgan fingerprint density at radius 2 is 2.06 bits per heavy atom. The third kappa shape index (κ3) is 4.05. The molecule has 1 aliphatic rings. The number of rotatable bonds is 5. The van der Waals surface area contributed by atoms with E-state index in [0.29, 0.717) is 18.4 Å². The lowest BCUT2D eigenvalue weighted by Gasteiger charge is -2.32. The first kappa shape index (κ1) is 14.1. The molecule has 1 saturated carbocycles. The van der Waals surface area contributed by atoms with Crippen molar-refractivity contribution in [3.05, 3.63) is 0 Å². The lowest BCUT2D eigenvalue weighted by molar-refractivity contribution is -0.135. The summed E-state index contributed by atoms with van der Waals surface area (Å²) in [6, 6.07) is -0.145. The highest BCUT2D eigenvalue weighted by atomic mass is 16.2. The van der Waals surface area contributed by atoms with Crippen LogP contribution >= 0.6 is 0 Å². The van der Waals surface area contributed by atoms with E-state index in [-0.39, 0.29) is 5.91 Å². The molecule has 0 bridgehead atoms. The van der Waals surface area contributed by atoms with Gasteiger partial charge in [0.15, 0.2) is 0 Å². The molecule has 96 valence electrons. The molecule has 0 saturated heterocycles. The lowest BCUT2D eigenvalue weighted by Crippen LogP contribution is -2.49. The average Bonchev–Trinajstić information content (AvgIpc) is 2.78. The Kier molecular flexibility index (Phi) is 5.50. The van der Waals surface area contributed by atoms with Crippen molar-refractivity contribution in [2.24, 2.45) is 11.7 Å². The zero-order valence-corrected chi connectivity index (χ0v) is 11.0. The summed E-state index contributed by atoms with van der Waals surface area (Å²) in [5, 5.41) is 0. The van der Waals surface area contributed by atoms with Crippen LogP contribution in [0.5, 0.6) is 0 Å². The van der Waals surface area contributed by atoms with Gasteiger partial charge in [0.05, 0.1) is 6.04 Å². The maximum atomic E-state index is 12.3. The van der Waals surface area contributed by atoms with Crippen LogP contribution in [0.3, 0.4) is 0 Å². The molecule has 0 radical (unpaired) electrons. The van der Waals surface area contributed by atoms with Gasteiger partial charge < -0.3 is 10.6 Å². The fourth-order valence-corrected chi connectivity index (χ4v) is 2.46. The molecule has 0 heterocycles. The van der Waals surface area contributed by atoms with Crippen molar-refractivity contribution < 1.29 is 4.79 Å². The largest absolute Gasteiger partial charge is 0.338 e. The molecule has 0 aliphatic heterocycles. The van der Waals surface area contributed by atoms with Gasteiger partial charge in [0.2, 0.25) is 5.91 Å². The highest BCUT2D eigenvalue weighted by molar-refractivity contribution is 5.82. The Hall–Kier alpha value is -1.01. The van der Waals surface area contributed by atoms with Gasteiger partial charge in [0.25, 0.3) is 0 Å². The summed E-state index contributed by atoms with van der Waals surface area (Å²) in [6.07, 6.45) is 10.2. The minimum Gasteiger partial charge on any atom is -0.338 e. The highest BCUT2D eigenvalue weighted by Gasteiger charge is 2.29. The van der Waals surface area contributed by atoms with Gasteiger partial charge >= 0.3 is 0 Å². The van der Waals surface area contributed by atoms with Crippen molar-refractivity contribution in [2.75, 3.05) is 6.54 Å². The maximum Gasteiger partial charge on any atom is 0.240 e. The number of terminal acetylenes is 1. The van der Waals surface area contributed by atoms with Crippen molar-refractivity contribution in [2.45, 2.75) is 58.0 Å². The van der Waals surface area contributed by atoms with Crippen LogP contribution in [0.4, 0.5) is 0 Å². The second-order valence-electron chi connectivity index (χ2n) is 5.34. The van der Waals surface area contributed by atoms with Crippen molar-refractivity contribution in [3.63, 3.8) is 0 Å². The first-order valence-electron chi connectivity index (χ1n) is 6.55. The Bertz CT molecular complexity index is 287. The molecule has 0 aromatic carbocycles. The predicted octanol–water partition coefficient (Wildman–Crippen LogP) is 1.76. The molecule has 2 N–H and O–H groups in total. The summed E-state index contributed by atoms with van der Waals surface area (Å²) in [4.78, 5) is 14.2. The van der Waals surface area contributed by atoms with Gasteiger partial charge in [-0.25, -0.2) is 0 Å². The minimum absolute atomic E-state index is 0.0311. The number of nitrogens with zero attached hydrogens (tertiary/aromatic N) is 1.